The predicted molar refractivity (Wildman–Crippen MR) is 63.1 cm³/mol. The highest BCUT2D eigenvalue weighted by molar-refractivity contribution is 7.85. The molecule has 0 bridgehead atoms. The van der Waals surface area contributed by atoms with Crippen LogP contribution in [0.25, 0.3) is 0 Å². The molecule has 0 aliphatic rings. The van der Waals surface area contributed by atoms with Gasteiger partial charge in [-0.05, 0) is 38.8 Å². The molecular weight excluding hydrogens is 236 g/mol. The van der Waals surface area contributed by atoms with Crippen molar-refractivity contribution in [2.45, 2.75) is 38.8 Å². The minimum atomic E-state index is -3.84. The van der Waals surface area contributed by atoms with E-state index in [4.69, 9.17) is 8.67 Å². The Balaban J connectivity index is 4.22. The van der Waals surface area contributed by atoms with Crippen LogP contribution in [0.1, 0.15) is 0 Å². The van der Waals surface area contributed by atoms with Gasteiger partial charge in [0.25, 0.3) is 10.1 Å². The molecular formula is C7H20O4SSi2. The van der Waals surface area contributed by atoms with Crippen LogP contribution in [-0.2, 0) is 14.2 Å². The maximum atomic E-state index is 10.6. The Hall–Kier alpha value is 0.304. The molecule has 0 aromatic rings. The van der Waals surface area contributed by atoms with E-state index in [1.165, 1.54) is 0 Å². The van der Waals surface area contributed by atoms with Crippen molar-refractivity contribution in [3.8, 4) is 0 Å². The standard InChI is InChI=1S/C7H20O4SSi2/c1-13(2,3)11-14(4,5)7-6-12(8,9)10/h6-7H2,1-5H3,(H,8,9,10). The highest BCUT2D eigenvalue weighted by Gasteiger charge is 2.30. The molecule has 7 heteroatoms. The molecule has 0 unspecified atom stereocenters. The van der Waals surface area contributed by atoms with Crippen molar-refractivity contribution in [3.05, 3.63) is 0 Å². The minimum absolute atomic E-state index is 0.184. The first-order valence-corrected chi connectivity index (χ1v) is 12.7. The van der Waals surface area contributed by atoms with E-state index in [1.807, 2.05) is 13.1 Å². The van der Waals surface area contributed by atoms with Gasteiger partial charge in [-0.15, -0.1) is 0 Å². The van der Waals surface area contributed by atoms with Crippen molar-refractivity contribution >= 4 is 26.8 Å². The van der Waals surface area contributed by atoms with Gasteiger partial charge in [-0.3, -0.25) is 4.55 Å². The summed E-state index contributed by atoms with van der Waals surface area (Å²) in [6.45, 7) is 10.2. The third-order valence-corrected chi connectivity index (χ3v) is 8.74. The average Bonchev–Trinajstić information content (AvgIpc) is 1.76. The lowest BCUT2D eigenvalue weighted by Gasteiger charge is -2.31. The van der Waals surface area contributed by atoms with Gasteiger partial charge in [0.2, 0.25) is 0 Å². The van der Waals surface area contributed by atoms with Gasteiger partial charge in [-0.25, -0.2) is 0 Å². The Kier molecular flexibility index (Phi) is 4.53. The van der Waals surface area contributed by atoms with Crippen molar-refractivity contribution in [1.82, 2.24) is 0 Å². The van der Waals surface area contributed by atoms with Crippen molar-refractivity contribution in [2.75, 3.05) is 5.75 Å². The maximum Gasteiger partial charge on any atom is 0.264 e. The van der Waals surface area contributed by atoms with Gasteiger partial charge in [0.1, 0.15) is 0 Å². The zero-order chi connectivity index (χ0) is 11.6. The largest absolute Gasteiger partial charge is 0.456 e. The average molecular weight is 256 g/mol. The van der Waals surface area contributed by atoms with Crippen LogP contribution in [-0.4, -0.2) is 35.4 Å². The second-order valence-electron chi connectivity index (χ2n) is 5.01. The quantitative estimate of drug-likeness (QED) is 0.603. The lowest BCUT2D eigenvalue weighted by Crippen LogP contribution is -2.43. The predicted octanol–water partition coefficient (Wildman–Crippen LogP) is 1.93. The second kappa shape index (κ2) is 4.44. The van der Waals surface area contributed by atoms with E-state index in [-0.39, 0.29) is 5.75 Å². The van der Waals surface area contributed by atoms with E-state index in [2.05, 4.69) is 19.6 Å². The van der Waals surface area contributed by atoms with Gasteiger partial charge in [-0.1, -0.05) is 0 Å². The Bertz CT molecular complexity index is 279. The SMILES string of the molecule is C[Si](C)(C)O[Si](C)(C)CCS(=O)(=O)O. The fourth-order valence-electron chi connectivity index (χ4n) is 1.25. The van der Waals surface area contributed by atoms with Crippen LogP contribution in [0.5, 0.6) is 0 Å². The molecule has 0 aliphatic carbocycles. The Morgan fingerprint density at radius 3 is 1.86 bits per heavy atom. The summed E-state index contributed by atoms with van der Waals surface area (Å²) >= 11 is 0. The third-order valence-electron chi connectivity index (χ3n) is 1.54. The molecule has 0 heterocycles. The summed E-state index contributed by atoms with van der Waals surface area (Å²) in [6.07, 6.45) is 0. The molecule has 0 atom stereocenters. The molecule has 0 radical (unpaired) electrons. The third kappa shape index (κ3) is 8.88. The van der Waals surface area contributed by atoms with Crippen LogP contribution in [0.15, 0.2) is 0 Å². The van der Waals surface area contributed by atoms with Gasteiger partial charge < -0.3 is 4.12 Å². The molecule has 0 aliphatic heterocycles. The molecule has 0 fully saturated rings. The smallest absolute Gasteiger partial charge is 0.264 e. The highest BCUT2D eigenvalue weighted by Crippen LogP contribution is 2.18. The lowest BCUT2D eigenvalue weighted by atomic mass is 11.0. The first-order valence-electron chi connectivity index (χ1n) is 4.57. The van der Waals surface area contributed by atoms with Crippen molar-refractivity contribution in [1.29, 1.82) is 0 Å². The van der Waals surface area contributed by atoms with E-state index >= 15 is 0 Å². The summed E-state index contributed by atoms with van der Waals surface area (Å²) in [6, 6.07) is 0.454. The van der Waals surface area contributed by atoms with Gasteiger partial charge in [0, 0.05) is 0 Å². The van der Waals surface area contributed by atoms with E-state index in [0.29, 0.717) is 6.04 Å². The van der Waals surface area contributed by atoms with Crippen LogP contribution >= 0.6 is 0 Å². The molecule has 0 saturated carbocycles. The fraction of sp³-hybridized carbons (Fsp3) is 1.00. The Morgan fingerprint density at radius 1 is 1.14 bits per heavy atom. The number of hydrogen-bond donors (Lipinski definition) is 1. The first-order chi connectivity index (χ1) is 5.91. The first kappa shape index (κ1) is 14.3. The van der Waals surface area contributed by atoms with E-state index in [0.717, 1.165) is 0 Å². The summed E-state index contributed by atoms with van der Waals surface area (Å²) in [7, 11) is -7.37. The van der Waals surface area contributed by atoms with Crippen LogP contribution in [0.3, 0.4) is 0 Å². The second-order valence-corrected chi connectivity index (χ2v) is 15.6. The zero-order valence-electron chi connectivity index (χ0n) is 9.49. The molecule has 0 rings (SSSR count). The van der Waals surface area contributed by atoms with Crippen LogP contribution in [0.2, 0.25) is 38.8 Å². The molecule has 0 spiro atoms. The molecule has 86 valence electrons. The van der Waals surface area contributed by atoms with E-state index in [1.54, 1.807) is 0 Å². The Labute approximate surface area is 88.7 Å². The van der Waals surface area contributed by atoms with Crippen LogP contribution in [0.4, 0.5) is 0 Å². The fourth-order valence-corrected chi connectivity index (χ4v) is 11.3. The van der Waals surface area contributed by atoms with Gasteiger partial charge in [0.05, 0.1) is 5.75 Å². The lowest BCUT2D eigenvalue weighted by molar-refractivity contribution is 0.481. The zero-order valence-corrected chi connectivity index (χ0v) is 12.3. The summed E-state index contributed by atoms with van der Waals surface area (Å²) < 4.78 is 35.7. The van der Waals surface area contributed by atoms with Crippen molar-refractivity contribution in [2.24, 2.45) is 0 Å². The van der Waals surface area contributed by atoms with Crippen LogP contribution < -0.4 is 0 Å². The summed E-state index contributed by atoms with van der Waals surface area (Å²) in [5.74, 6) is -0.184. The molecule has 0 amide bonds. The number of hydrogen-bond acceptors (Lipinski definition) is 3. The van der Waals surface area contributed by atoms with Gasteiger partial charge in [-0.2, -0.15) is 8.42 Å². The number of rotatable bonds is 5. The molecule has 0 saturated heterocycles. The molecule has 14 heavy (non-hydrogen) atoms. The van der Waals surface area contributed by atoms with Crippen molar-refractivity contribution in [3.63, 3.8) is 0 Å². The summed E-state index contributed by atoms with van der Waals surface area (Å²) in [4.78, 5) is 0. The van der Waals surface area contributed by atoms with Gasteiger partial charge >= 0.3 is 0 Å². The van der Waals surface area contributed by atoms with Crippen LogP contribution in [0, 0.1) is 0 Å². The monoisotopic (exact) mass is 256 g/mol. The minimum Gasteiger partial charge on any atom is -0.456 e. The highest BCUT2D eigenvalue weighted by atomic mass is 32.2. The Morgan fingerprint density at radius 2 is 1.57 bits per heavy atom. The van der Waals surface area contributed by atoms with Crippen molar-refractivity contribution < 1.29 is 17.1 Å². The summed E-state index contributed by atoms with van der Waals surface area (Å²) in [5, 5.41) is 0. The van der Waals surface area contributed by atoms with E-state index < -0.39 is 26.8 Å². The topological polar surface area (TPSA) is 63.6 Å². The maximum absolute atomic E-state index is 10.6. The molecule has 4 nitrogen and oxygen atoms in total. The summed E-state index contributed by atoms with van der Waals surface area (Å²) in [5.41, 5.74) is 0. The normalized spacial score (nSPS) is 14.4. The molecule has 0 aromatic heterocycles. The van der Waals surface area contributed by atoms with E-state index in [9.17, 15) is 8.42 Å². The molecule has 0 aromatic carbocycles. The molecule has 1 N–H and O–H groups in total. The van der Waals surface area contributed by atoms with Gasteiger partial charge in [0.15, 0.2) is 16.6 Å².